The number of rotatable bonds is 2. The Labute approximate surface area is 83.0 Å². The molecule has 0 amide bonds. The third kappa shape index (κ3) is 1.38. The second-order valence-electron chi connectivity index (χ2n) is 3.93. The number of aliphatic hydroxyl groups is 1. The molecule has 72 valence electrons. The maximum atomic E-state index is 9.92. The van der Waals surface area contributed by atoms with Crippen molar-refractivity contribution in [1.82, 2.24) is 4.98 Å². The highest BCUT2D eigenvalue weighted by Gasteiger charge is 2.50. The van der Waals surface area contributed by atoms with Crippen LogP contribution in [0.2, 0.25) is 0 Å². The van der Waals surface area contributed by atoms with Crippen molar-refractivity contribution in [1.29, 1.82) is 5.26 Å². The summed E-state index contributed by atoms with van der Waals surface area (Å²) >= 11 is 0. The topological polar surface area (TPSA) is 56.9 Å². The summed E-state index contributed by atoms with van der Waals surface area (Å²) in [5, 5.41) is 18.8. The molecule has 0 bridgehead atoms. The zero-order valence-electron chi connectivity index (χ0n) is 8.07. The van der Waals surface area contributed by atoms with Crippen molar-refractivity contribution in [3.05, 3.63) is 29.6 Å². The predicted molar refractivity (Wildman–Crippen MR) is 51.2 cm³/mol. The van der Waals surface area contributed by atoms with Crippen molar-refractivity contribution < 1.29 is 5.11 Å². The van der Waals surface area contributed by atoms with Gasteiger partial charge in [0.25, 0.3) is 0 Å². The largest absolute Gasteiger partial charge is 0.385 e. The Hall–Kier alpha value is -1.40. The van der Waals surface area contributed by atoms with Crippen molar-refractivity contribution in [3.63, 3.8) is 0 Å². The van der Waals surface area contributed by atoms with Gasteiger partial charge in [0.15, 0.2) is 0 Å². The standard InChI is InChI=1S/C11H12N2O/c1-8-2-3-9(13-6-8)10(14)11(7-12)4-5-11/h2-3,6,10,14H,4-5H2,1H3. The van der Waals surface area contributed by atoms with E-state index in [4.69, 9.17) is 5.26 Å². The minimum atomic E-state index is -0.729. The van der Waals surface area contributed by atoms with Gasteiger partial charge in [-0.1, -0.05) is 6.07 Å². The Morgan fingerprint density at radius 2 is 2.29 bits per heavy atom. The normalized spacial score (nSPS) is 19.8. The van der Waals surface area contributed by atoms with E-state index >= 15 is 0 Å². The summed E-state index contributed by atoms with van der Waals surface area (Å²) < 4.78 is 0. The van der Waals surface area contributed by atoms with Crippen LogP contribution in [0.5, 0.6) is 0 Å². The molecule has 1 aromatic heterocycles. The molecule has 1 aromatic rings. The fourth-order valence-electron chi connectivity index (χ4n) is 1.51. The molecule has 0 radical (unpaired) electrons. The van der Waals surface area contributed by atoms with Gasteiger partial charge in [0.2, 0.25) is 0 Å². The Morgan fingerprint density at radius 3 is 2.71 bits per heavy atom. The van der Waals surface area contributed by atoms with Crippen molar-refractivity contribution in [2.45, 2.75) is 25.9 Å². The summed E-state index contributed by atoms with van der Waals surface area (Å²) in [6.45, 7) is 1.94. The molecule has 1 heterocycles. The van der Waals surface area contributed by atoms with E-state index in [1.54, 1.807) is 12.3 Å². The van der Waals surface area contributed by atoms with Gasteiger partial charge in [-0.15, -0.1) is 0 Å². The zero-order chi connectivity index (χ0) is 10.2. The highest BCUT2D eigenvalue weighted by Crippen LogP contribution is 2.53. The molecule has 3 nitrogen and oxygen atoms in total. The van der Waals surface area contributed by atoms with Gasteiger partial charge in [-0.3, -0.25) is 4.98 Å². The average Bonchev–Trinajstić information content (AvgIpc) is 2.99. The van der Waals surface area contributed by atoms with E-state index < -0.39 is 11.5 Å². The van der Waals surface area contributed by atoms with Gasteiger partial charge in [-0.05, 0) is 31.4 Å². The molecule has 1 unspecified atom stereocenters. The summed E-state index contributed by atoms with van der Waals surface area (Å²) in [6, 6.07) is 5.87. The molecule has 0 saturated heterocycles. The maximum absolute atomic E-state index is 9.92. The van der Waals surface area contributed by atoms with Crippen LogP contribution in [0.3, 0.4) is 0 Å². The third-order valence-corrected chi connectivity index (χ3v) is 2.75. The molecule has 1 N–H and O–H groups in total. The Kier molecular flexibility index (Phi) is 2.01. The van der Waals surface area contributed by atoms with Crippen molar-refractivity contribution in [2.75, 3.05) is 0 Å². The first kappa shape index (κ1) is 9.17. The molecule has 1 fully saturated rings. The minimum absolute atomic E-state index is 0.553. The minimum Gasteiger partial charge on any atom is -0.385 e. The molecule has 2 rings (SSSR count). The molecule has 1 aliphatic rings. The van der Waals surface area contributed by atoms with E-state index in [1.807, 2.05) is 13.0 Å². The fraction of sp³-hybridized carbons (Fsp3) is 0.455. The summed E-state index contributed by atoms with van der Waals surface area (Å²) in [7, 11) is 0. The van der Waals surface area contributed by atoms with Crippen LogP contribution in [0.25, 0.3) is 0 Å². The zero-order valence-corrected chi connectivity index (χ0v) is 8.07. The molecule has 1 atom stereocenters. The number of hydrogen-bond donors (Lipinski definition) is 1. The van der Waals surface area contributed by atoms with E-state index in [9.17, 15) is 5.11 Å². The molecule has 14 heavy (non-hydrogen) atoms. The molecule has 1 aliphatic carbocycles. The lowest BCUT2D eigenvalue weighted by atomic mass is 9.98. The van der Waals surface area contributed by atoms with Gasteiger partial charge in [0.1, 0.15) is 6.10 Å². The van der Waals surface area contributed by atoms with Gasteiger partial charge in [0, 0.05) is 6.20 Å². The Bertz CT molecular complexity index is 373. The van der Waals surface area contributed by atoms with E-state index in [-0.39, 0.29) is 0 Å². The van der Waals surface area contributed by atoms with Gasteiger partial charge >= 0.3 is 0 Å². The average molecular weight is 188 g/mol. The van der Waals surface area contributed by atoms with Crippen LogP contribution in [0.15, 0.2) is 18.3 Å². The van der Waals surface area contributed by atoms with E-state index in [0.717, 1.165) is 18.4 Å². The Morgan fingerprint density at radius 1 is 1.57 bits per heavy atom. The predicted octanol–water partition coefficient (Wildman–Crippen LogP) is 1.73. The number of aromatic nitrogens is 1. The van der Waals surface area contributed by atoms with Gasteiger partial charge in [-0.25, -0.2) is 0 Å². The van der Waals surface area contributed by atoms with Crippen LogP contribution in [0.1, 0.15) is 30.2 Å². The van der Waals surface area contributed by atoms with Crippen molar-refractivity contribution in [2.24, 2.45) is 5.41 Å². The summed E-state index contributed by atoms with van der Waals surface area (Å²) in [6.07, 6.45) is 2.54. The number of aliphatic hydroxyl groups excluding tert-OH is 1. The molecular weight excluding hydrogens is 176 g/mol. The molecule has 1 saturated carbocycles. The lowest BCUT2D eigenvalue weighted by Crippen LogP contribution is -2.12. The number of aryl methyl sites for hydroxylation is 1. The lowest BCUT2D eigenvalue weighted by Gasteiger charge is -2.14. The Balaban J connectivity index is 2.24. The van der Waals surface area contributed by atoms with Gasteiger partial charge in [-0.2, -0.15) is 5.26 Å². The quantitative estimate of drug-likeness (QED) is 0.768. The first-order valence-electron chi connectivity index (χ1n) is 4.70. The van der Waals surface area contributed by atoms with Crippen LogP contribution in [-0.2, 0) is 0 Å². The number of hydrogen-bond acceptors (Lipinski definition) is 3. The van der Waals surface area contributed by atoms with E-state index in [0.29, 0.717) is 5.69 Å². The molecule has 0 aromatic carbocycles. The highest BCUT2D eigenvalue weighted by atomic mass is 16.3. The fourth-order valence-corrected chi connectivity index (χ4v) is 1.51. The second kappa shape index (κ2) is 3.07. The molecule has 0 aliphatic heterocycles. The van der Waals surface area contributed by atoms with E-state index in [1.165, 1.54) is 0 Å². The third-order valence-electron chi connectivity index (χ3n) is 2.75. The van der Waals surface area contributed by atoms with E-state index in [2.05, 4.69) is 11.1 Å². The number of nitriles is 1. The van der Waals surface area contributed by atoms with Crippen molar-refractivity contribution in [3.8, 4) is 6.07 Å². The lowest BCUT2D eigenvalue weighted by molar-refractivity contribution is 0.118. The first-order valence-corrected chi connectivity index (χ1v) is 4.70. The van der Waals surface area contributed by atoms with Crippen LogP contribution < -0.4 is 0 Å². The molecular formula is C11H12N2O. The van der Waals surface area contributed by atoms with Crippen LogP contribution in [0.4, 0.5) is 0 Å². The number of pyridine rings is 1. The monoisotopic (exact) mass is 188 g/mol. The van der Waals surface area contributed by atoms with Crippen LogP contribution >= 0.6 is 0 Å². The smallest absolute Gasteiger partial charge is 0.114 e. The van der Waals surface area contributed by atoms with Crippen LogP contribution in [-0.4, -0.2) is 10.1 Å². The second-order valence-corrected chi connectivity index (χ2v) is 3.93. The van der Waals surface area contributed by atoms with Crippen molar-refractivity contribution >= 4 is 0 Å². The maximum Gasteiger partial charge on any atom is 0.114 e. The molecule has 3 heteroatoms. The van der Waals surface area contributed by atoms with Crippen LogP contribution in [0, 0.1) is 23.7 Å². The number of nitrogens with zero attached hydrogens (tertiary/aromatic N) is 2. The molecule has 0 spiro atoms. The first-order chi connectivity index (χ1) is 6.68. The SMILES string of the molecule is Cc1ccc(C(O)C2(C#N)CC2)nc1. The highest BCUT2D eigenvalue weighted by molar-refractivity contribution is 5.23. The van der Waals surface area contributed by atoms with Gasteiger partial charge in [0.05, 0.1) is 17.2 Å². The summed E-state index contributed by atoms with van der Waals surface area (Å²) in [5.41, 5.74) is 1.11. The summed E-state index contributed by atoms with van der Waals surface area (Å²) in [5.74, 6) is 0. The summed E-state index contributed by atoms with van der Waals surface area (Å²) in [4.78, 5) is 4.13. The van der Waals surface area contributed by atoms with Gasteiger partial charge < -0.3 is 5.11 Å².